The molecule has 0 bridgehead atoms. The molecule has 0 saturated heterocycles. The molecule has 0 aliphatic carbocycles. The normalized spacial score (nSPS) is 10.5. The Bertz CT molecular complexity index is 510. The molecule has 1 aromatic heterocycles. The van der Waals surface area contributed by atoms with E-state index in [0.717, 1.165) is 15.7 Å². The number of rotatable bonds is 2. The monoisotopic (exact) mass is 266 g/mol. The van der Waals surface area contributed by atoms with Crippen LogP contribution in [0.25, 0.3) is 0 Å². The molecule has 1 aromatic carbocycles. The molecule has 0 aliphatic rings. The zero-order valence-corrected chi connectivity index (χ0v) is 9.91. The highest BCUT2D eigenvalue weighted by Crippen LogP contribution is 2.10. The summed E-state index contributed by atoms with van der Waals surface area (Å²) in [7, 11) is 0. The van der Waals surface area contributed by atoms with Crippen LogP contribution in [0.4, 0.5) is 0 Å². The second kappa shape index (κ2) is 4.06. The van der Waals surface area contributed by atoms with Gasteiger partial charge in [-0.05, 0) is 24.6 Å². The molecule has 4 heteroatoms. The average Bonchev–Trinajstić information content (AvgIpc) is 2.49. The molecule has 15 heavy (non-hydrogen) atoms. The van der Waals surface area contributed by atoms with Gasteiger partial charge in [-0.2, -0.15) is 0 Å². The van der Waals surface area contributed by atoms with Gasteiger partial charge in [0.25, 0.3) is 5.56 Å². The Hall–Kier alpha value is -1.29. The number of aromatic amines is 1. The van der Waals surface area contributed by atoms with E-state index in [2.05, 4.69) is 21.0 Å². The third kappa shape index (κ3) is 2.39. The second-order valence-corrected chi connectivity index (χ2v) is 4.41. The van der Waals surface area contributed by atoms with Crippen molar-refractivity contribution in [2.24, 2.45) is 0 Å². The number of aromatic nitrogens is 2. The molecule has 0 spiro atoms. The summed E-state index contributed by atoms with van der Waals surface area (Å²) >= 11 is 3.37. The third-order valence-electron chi connectivity index (χ3n) is 2.17. The van der Waals surface area contributed by atoms with Crippen LogP contribution in [-0.4, -0.2) is 9.78 Å². The quantitative estimate of drug-likeness (QED) is 0.890. The van der Waals surface area contributed by atoms with E-state index in [4.69, 9.17) is 0 Å². The number of nitrogens with one attached hydrogen (secondary N) is 1. The maximum absolute atomic E-state index is 11.4. The zero-order chi connectivity index (χ0) is 10.8. The number of hydrogen-bond donors (Lipinski definition) is 1. The van der Waals surface area contributed by atoms with Gasteiger partial charge in [0.05, 0.1) is 6.54 Å². The van der Waals surface area contributed by atoms with Gasteiger partial charge in [0.2, 0.25) is 0 Å². The summed E-state index contributed by atoms with van der Waals surface area (Å²) in [5, 5.41) is 3.00. The van der Waals surface area contributed by atoms with E-state index >= 15 is 0 Å². The van der Waals surface area contributed by atoms with Crippen molar-refractivity contribution in [3.8, 4) is 0 Å². The smallest absolute Gasteiger partial charge is 0.267 e. The molecule has 2 aromatic rings. The van der Waals surface area contributed by atoms with Crippen LogP contribution >= 0.6 is 15.9 Å². The van der Waals surface area contributed by atoms with Gasteiger partial charge in [-0.15, -0.1) is 0 Å². The molecule has 1 heterocycles. The Morgan fingerprint density at radius 3 is 2.53 bits per heavy atom. The van der Waals surface area contributed by atoms with E-state index in [0.29, 0.717) is 6.54 Å². The second-order valence-electron chi connectivity index (χ2n) is 3.49. The predicted molar refractivity (Wildman–Crippen MR) is 63.0 cm³/mol. The molecular formula is C11H11BrN2O. The van der Waals surface area contributed by atoms with Crippen molar-refractivity contribution in [2.75, 3.05) is 0 Å². The molecule has 78 valence electrons. The number of aryl methyl sites for hydroxylation is 1. The Kier molecular flexibility index (Phi) is 2.77. The van der Waals surface area contributed by atoms with Gasteiger partial charge in [0.1, 0.15) is 0 Å². The van der Waals surface area contributed by atoms with E-state index in [-0.39, 0.29) is 5.56 Å². The highest BCUT2D eigenvalue weighted by molar-refractivity contribution is 9.10. The van der Waals surface area contributed by atoms with Crippen molar-refractivity contribution >= 4 is 15.9 Å². The number of halogens is 1. The van der Waals surface area contributed by atoms with Gasteiger partial charge in [0.15, 0.2) is 0 Å². The van der Waals surface area contributed by atoms with Gasteiger partial charge < -0.3 is 0 Å². The highest BCUT2D eigenvalue weighted by atomic mass is 79.9. The van der Waals surface area contributed by atoms with Crippen LogP contribution in [0, 0.1) is 6.92 Å². The molecule has 1 N–H and O–H groups in total. The van der Waals surface area contributed by atoms with Crippen molar-refractivity contribution in [2.45, 2.75) is 13.5 Å². The van der Waals surface area contributed by atoms with E-state index in [9.17, 15) is 4.79 Å². The lowest BCUT2D eigenvalue weighted by Gasteiger charge is -2.02. The van der Waals surface area contributed by atoms with Crippen molar-refractivity contribution < 1.29 is 0 Å². The van der Waals surface area contributed by atoms with Crippen molar-refractivity contribution in [3.05, 3.63) is 56.4 Å². The number of hydrogen-bond acceptors (Lipinski definition) is 1. The summed E-state index contributed by atoms with van der Waals surface area (Å²) in [4.78, 5) is 11.4. The minimum atomic E-state index is 0.00965. The molecule has 0 atom stereocenters. The van der Waals surface area contributed by atoms with E-state index in [1.54, 1.807) is 10.7 Å². The van der Waals surface area contributed by atoms with Gasteiger partial charge in [-0.1, -0.05) is 28.1 Å². The standard InChI is InChI=1S/C11H11BrN2O/c1-8-6-11(15)14(13-8)7-9-2-4-10(12)5-3-9/h2-6,13H,7H2,1H3. The zero-order valence-electron chi connectivity index (χ0n) is 8.33. The van der Waals surface area contributed by atoms with E-state index in [1.807, 2.05) is 31.2 Å². The molecule has 0 amide bonds. The molecular weight excluding hydrogens is 256 g/mol. The van der Waals surface area contributed by atoms with Crippen molar-refractivity contribution in [1.29, 1.82) is 0 Å². The van der Waals surface area contributed by atoms with Gasteiger partial charge in [0, 0.05) is 16.2 Å². The molecule has 0 radical (unpaired) electrons. The van der Waals surface area contributed by atoms with Crippen LogP contribution in [0.2, 0.25) is 0 Å². The fourth-order valence-electron chi connectivity index (χ4n) is 1.45. The first-order valence-corrected chi connectivity index (χ1v) is 5.45. The first kappa shape index (κ1) is 10.2. The summed E-state index contributed by atoms with van der Waals surface area (Å²) in [5.74, 6) is 0. The lowest BCUT2D eigenvalue weighted by molar-refractivity contribution is 0.657. The van der Waals surface area contributed by atoms with Crippen molar-refractivity contribution in [3.63, 3.8) is 0 Å². The molecule has 2 rings (SSSR count). The predicted octanol–water partition coefficient (Wildman–Crippen LogP) is 2.30. The van der Waals surface area contributed by atoms with Crippen molar-refractivity contribution in [1.82, 2.24) is 9.78 Å². The molecule has 3 nitrogen and oxygen atoms in total. The molecule has 0 unspecified atom stereocenters. The highest BCUT2D eigenvalue weighted by Gasteiger charge is 2.00. The summed E-state index contributed by atoms with van der Waals surface area (Å²) < 4.78 is 2.64. The number of H-pyrrole nitrogens is 1. The van der Waals surface area contributed by atoms with Crippen LogP contribution in [-0.2, 0) is 6.54 Å². The van der Waals surface area contributed by atoms with Crippen LogP contribution in [0.3, 0.4) is 0 Å². The van der Waals surface area contributed by atoms with Gasteiger partial charge in [-0.25, -0.2) is 4.68 Å². The molecule has 0 fully saturated rings. The largest absolute Gasteiger partial charge is 0.300 e. The van der Waals surface area contributed by atoms with E-state index < -0.39 is 0 Å². The summed E-state index contributed by atoms with van der Waals surface area (Å²) in [6, 6.07) is 9.52. The Morgan fingerprint density at radius 2 is 2.00 bits per heavy atom. The van der Waals surface area contributed by atoms with Crippen LogP contribution in [0.15, 0.2) is 39.6 Å². The minimum Gasteiger partial charge on any atom is -0.300 e. The summed E-state index contributed by atoms with van der Waals surface area (Å²) in [6.45, 7) is 2.46. The number of benzene rings is 1. The lowest BCUT2D eigenvalue weighted by atomic mass is 10.2. The van der Waals surface area contributed by atoms with E-state index in [1.165, 1.54) is 0 Å². The fourth-order valence-corrected chi connectivity index (χ4v) is 1.72. The molecule has 0 aliphatic heterocycles. The first-order valence-electron chi connectivity index (χ1n) is 4.66. The average molecular weight is 267 g/mol. The maximum Gasteiger partial charge on any atom is 0.267 e. The maximum atomic E-state index is 11.4. The number of nitrogens with zero attached hydrogens (tertiary/aromatic N) is 1. The SMILES string of the molecule is Cc1cc(=O)n(Cc2ccc(Br)cc2)[nH]1. The first-order chi connectivity index (χ1) is 7.15. The Labute approximate surface area is 95.9 Å². The summed E-state index contributed by atoms with van der Waals surface area (Å²) in [6.07, 6.45) is 0. The fraction of sp³-hybridized carbons (Fsp3) is 0.182. The third-order valence-corrected chi connectivity index (χ3v) is 2.70. The topological polar surface area (TPSA) is 37.8 Å². The molecule has 0 saturated carbocycles. The van der Waals surface area contributed by atoms with Gasteiger partial charge >= 0.3 is 0 Å². The lowest BCUT2D eigenvalue weighted by Crippen LogP contribution is -2.16. The van der Waals surface area contributed by atoms with Crippen LogP contribution in [0.5, 0.6) is 0 Å². The summed E-state index contributed by atoms with van der Waals surface area (Å²) in [5.41, 5.74) is 2.00. The Morgan fingerprint density at radius 1 is 1.33 bits per heavy atom. The van der Waals surface area contributed by atoms with Crippen LogP contribution < -0.4 is 5.56 Å². The minimum absolute atomic E-state index is 0.00965. The van der Waals surface area contributed by atoms with Gasteiger partial charge in [-0.3, -0.25) is 9.89 Å². The van der Waals surface area contributed by atoms with Crippen LogP contribution in [0.1, 0.15) is 11.3 Å². The Balaban J connectivity index is 2.25.